The molecule has 3 aromatic carbocycles. The van der Waals surface area contributed by atoms with Crippen molar-refractivity contribution in [2.75, 3.05) is 40.4 Å². The number of hydrogen-bond acceptors (Lipinski definition) is 6. The summed E-state index contributed by atoms with van der Waals surface area (Å²) in [6.07, 6.45) is 0. The highest BCUT2D eigenvalue weighted by Crippen LogP contribution is 2.42. The summed E-state index contributed by atoms with van der Waals surface area (Å²) in [4.78, 5) is 30.1. The Morgan fingerprint density at radius 3 is 2.36 bits per heavy atom. The van der Waals surface area contributed by atoms with Crippen molar-refractivity contribution < 1.29 is 24.2 Å². The average Bonchev–Trinajstić information content (AvgIpc) is 3.13. The van der Waals surface area contributed by atoms with Crippen molar-refractivity contribution in [1.82, 2.24) is 9.80 Å². The molecule has 1 unspecified atom stereocenters. The van der Waals surface area contributed by atoms with Gasteiger partial charge in [0.05, 0.1) is 24.8 Å². The van der Waals surface area contributed by atoms with Crippen LogP contribution >= 0.6 is 0 Å². The monoisotopic (exact) mass is 488 g/mol. The molecule has 0 radical (unpaired) electrons. The second-order valence-electron chi connectivity index (χ2n) is 8.89. The molecule has 1 heterocycles. The second-order valence-corrected chi connectivity index (χ2v) is 8.89. The van der Waals surface area contributed by atoms with Gasteiger partial charge in [0.2, 0.25) is 0 Å². The normalized spacial score (nSPS) is 17.2. The zero-order valence-electron chi connectivity index (χ0n) is 21.2. The van der Waals surface area contributed by atoms with E-state index in [1.165, 1.54) is 4.90 Å². The topological polar surface area (TPSA) is 79.3 Å². The molecule has 0 bridgehead atoms. The Kier molecular flexibility index (Phi) is 7.60. The number of carbonyl (C=O) groups is 2. The first-order valence-electron chi connectivity index (χ1n) is 12.2. The maximum Gasteiger partial charge on any atom is 0.295 e. The predicted molar refractivity (Wildman–Crippen MR) is 140 cm³/mol. The van der Waals surface area contributed by atoms with Crippen LogP contribution in [0.4, 0.5) is 0 Å². The molecule has 1 N–H and O–H groups in total. The molecule has 188 valence electrons. The number of likely N-dealkylation sites (N-methyl/N-ethyl adjacent to an activating group) is 1. The van der Waals surface area contributed by atoms with Crippen LogP contribution in [0, 0.1) is 0 Å². The van der Waals surface area contributed by atoms with Crippen LogP contribution in [0.5, 0.6) is 11.5 Å². The van der Waals surface area contributed by atoms with E-state index in [4.69, 9.17) is 9.47 Å². The molecule has 0 aliphatic carbocycles. The summed E-state index contributed by atoms with van der Waals surface area (Å²) < 4.78 is 11.5. The number of fused-ring (bicyclic) bond motifs is 1. The number of carbonyl (C=O) groups excluding carboxylic acids is 2. The maximum atomic E-state index is 13.4. The van der Waals surface area contributed by atoms with E-state index in [1.807, 2.05) is 75.3 Å². The third-order valence-corrected chi connectivity index (χ3v) is 6.26. The van der Waals surface area contributed by atoms with Crippen LogP contribution in [-0.4, -0.2) is 67.0 Å². The van der Waals surface area contributed by atoms with Crippen molar-refractivity contribution in [2.24, 2.45) is 0 Å². The molecule has 0 aromatic heterocycles. The highest BCUT2D eigenvalue weighted by Gasteiger charge is 2.46. The summed E-state index contributed by atoms with van der Waals surface area (Å²) in [6.45, 7) is 5.57. The van der Waals surface area contributed by atoms with E-state index in [0.29, 0.717) is 48.9 Å². The highest BCUT2D eigenvalue weighted by atomic mass is 16.5. The van der Waals surface area contributed by atoms with Crippen LogP contribution in [-0.2, 0) is 9.59 Å². The fourth-order valence-corrected chi connectivity index (χ4v) is 4.58. The molecule has 1 atom stereocenters. The van der Waals surface area contributed by atoms with Crippen LogP contribution in [0.2, 0.25) is 0 Å². The van der Waals surface area contributed by atoms with Gasteiger partial charge in [-0.1, -0.05) is 48.5 Å². The number of ketones is 1. The Hall–Kier alpha value is -3.84. The van der Waals surface area contributed by atoms with Gasteiger partial charge in [-0.3, -0.25) is 9.59 Å². The van der Waals surface area contributed by atoms with Gasteiger partial charge in [-0.15, -0.1) is 0 Å². The smallest absolute Gasteiger partial charge is 0.295 e. The van der Waals surface area contributed by atoms with Crippen LogP contribution in [0.3, 0.4) is 0 Å². The average molecular weight is 489 g/mol. The SMILES string of the molecule is CCOc1ccc(C2/C(=C(\O)c3cccc4ccccc34)C(=O)C(=O)N2CCN(C)C)cc1OCC. The summed E-state index contributed by atoms with van der Waals surface area (Å²) in [6, 6.07) is 17.8. The van der Waals surface area contributed by atoms with Crippen molar-refractivity contribution in [2.45, 2.75) is 19.9 Å². The number of Topliss-reactive ketones (excluding diaryl/α,β-unsaturated/α-hetero) is 1. The molecule has 1 fully saturated rings. The summed E-state index contributed by atoms with van der Waals surface area (Å²) in [5, 5.41) is 13.3. The van der Waals surface area contributed by atoms with Crippen molar-refractivity contribution in [3.63, 3.8) is 0 Å². The third-order valence-electron chi connectivity index (χ3n) is 6.26. The zero-order valence-corrected chi connectivity index (χ0v) is 21.2. The minimum atomic E-state index is -0.765. The molecule has 4 rings (SSSR count). The number of ether oxygens (including phenoxy) is 2. The predicted octanol–water partition coefficient (Wildman–Crippen LogP) is 4.62. The summed E-state index contributed by atoms with van der Waals surface area (Å²) in [5.41, 5.74) is 1.25. The Balaban J connectivity index is 1.92. The first-order valence-corrected chi connectivity index (χ1v) is 12.2. The molecule has 3 aromatic rings. The lowest BCUT2D eigenvalue weighted by molar-refractivity contribution is -0.140. The minimum absolute atomic E-state index is 0.0710. The van der Waals surface area contributed by atoms with Gasteiger partial charge in [-0.2, -0.15) is 0 Å². The maximum absolute atomic E-state index is 13.4. The van der Waals surface area contributed by atoms with E-state index in [9.17, 15) is 14.7 Å². The Labute approximate surface area is 211 Å². The minimum Gasteiger partial charge on any atom is -0.507 e. The molecule has 7 nitrogen and oxygen atoms in total. The van der Waals surface area contributed by atoms with Crippen LogP contribution in [0.1, 0.15) is 31.0 Å². The second kappa shape index (κ2) is 10.8. The van der Waals surface area contributed by atoms with Gasteiger partial charge in [0.25, 0.3) is 11.7 Å². The van der Waals surface area contributed by atoms with Gasteiger partial charge in [0.1, 0.15) is 5.76 Å². The lowest BCUT2D eigenvalue weighted by Crippen LogP contribution is -2.35. The van der Waals surface area contributed by atoms with E-state index in [2.05, 4.69) is 0 Å². The lowest BCUT2D eigenvalue weighted by atomic mass is 9.93. The number of hydrogen-bond donors (Lipinski definition) is 1. The van der Waals surface area contributed by atoms with E-state index >= 15 is 0 Å². The lowest BCUT2D eigenvalue weighted by Gasteiger charge is -2.27. The standard InChI is InChI=1S/C29H32N2O5/c1-5-35-23-15-14-20(18-24(23)36-6-2)26-25(28(33)29(34)31(26)17-16-30(3)4)27(32)22-13-9-11-19-10-7-8-12-21(19)22/h7-15,18,26,32H,5-6,16-17H2,1-4H3/b27-25+. The van der Waals surface area contributed by atoms with Crippen molar-refractivity contribution in [3.8, 4) is 11.5 Å². The first kappa shape index (κ1) is 25.3. The number of aliphatic hydroxyl groups excluding tert-OH is 1. The molecule has 1 saturated heterocycles. The molecule has 0 saturated carbocycles. The van der Waals surface area contributed by atoms with Gasteiger partial charge in [-0.05, 0) is 56.4 Å². The van der Waals surface area contributed by atoms with Crippen LogP contribution in [0.15, 0.2) is 66.2 Å². The quantitative estimate of drug-likeness (QED) is 0.269. The Morgan fingerprint density at radius 1 is 0.944 bits per heavy atom. The largest absolute Gasteiger partial charge is 0.507 e. The number of likely N-dealkylation sites (tertiary alicyclic amines) is 1. The van der Waals surface area contributed by atoms with Crippen LogP contribution < -0.4 is 9.47 Å². The van der Waals surface area contributed by atoms with E-state index in [0.717, 1.165) is 10.8 Å². The molecule has 1 amide bonds. The fourth-order valence-electron chi connectivity index (χ4n) is 4.58. The Morgan fingerprint density at radius 2 is 1.64 bits per heavy atom. The first-order chi connectivity index (χ1) is 17.4. The van der Waals surface area contributed by atoms with Gasteiger partial charge < -0.3 is 24.4 Å². The summed E-state index contributed by atoms with van der Waals surface area (Å²) in [7, 11) is 3.82. The van der Waals surface area contributed by atoms with Gasteiger partial charge in [-0.25, -0.2) is 0 Å². The fraction of sp³-hybridized carbons (Fsp3) is 0.310. The van der Waals surface area contributed by atoms with Crippen molar-refractivity contribution >= 4 is 28.2 Å². The number of nitrogens with zero attached hydrogens (tertiary/aromatic N) is 2. The molecular weight excluding hydrogens is 456 g/mol. The number of rotatable bonds is 9. The van der Waals surface area contributed by atoms with Gasteiger partial charge in [0, 0.05) is 18.7 Å². The van der Waals surface area contributed by atoms with E-state index < -0.39 is 17.7 Å². The van der Waals surface area contributed by atoms with Gasteiger partial charge >= 0.3 is 0 Å². The third kappa shape index (κ3) is 4.79. The molecule has 1 aliphatic rings. The van der Waals surface area contributed by atoms with Gasteiger partial charge in [0.15, 0.2) is 11.5 Å². The number of amides is 1. The molecule has 0 spiro atoms. The molecule has 36 heavy (non-hydrogen) atoms. The Bertz CT molecular complexity index is 1310. The number of benzene rings is 3. The molecular formula is C29H32N2O5. The highest BCUT2D eigenvalue weighted by molar-refractivity contribution is 6.46. The molecule has 1 aliphatic heterocycles. The zero-order chi connectivity index (χ0) is 25.8. The van der Waals surface area contributed by atoms with Crippen molar-refractivity contribution in [3.05, 3.63) is 77.4 Å². The summed E-state index contributed by atoms with van der Waals surface area (Å²) >= 11 is 0. The van der Waals surface area contributed by atoms with Crippen molar-refractivity contribution in [1.29, 1.82) is 0 Å². The molecule has 7 heteroatoms. The van der Waals surface area contributed by atoms with E-state index in [1.54, 1.807) is 18.2 Å². The number of aliphatic hydroxyl groups is 1. The summed E-state index contributed by atoms with van der Waals surface area (Å²) in [5.74, 6) is -0.400. The van der Waals surface area contributed by atoms with E-state index in [-0.39, 0.29) is 11.3 Å². The van der Waals surface area contributed by atoms with Crippen LogP contribution in [0.25, 0.3) is 16.5 Å².